The van der Waals surface area contributed by atoms with E-state index in [1.807, 2.05) is 0 Å². The zero-order valence-corrected chi connectivity index (χ0v) is 17.0. The van der Waals surface area contributed by atoms with E-state index in [-0.39, 0.29) is 29.7 Å². The Labute approximate surface area is 174 Å². The summed E-state index contributed by atoms with van der Waals surface area (Å²) in [5.74, 6) is -0.451. The van der Waals surface area contributed by atoms with Crippen molar-refractivity contribution in [3.63, 3.8) is 0 Å². The molecular weight excluding hydrogens is 380 g/mol. The maximum Gasteiger partial charge on any atom is 0.261 e. The summed E-state index contributed by atoms with van der Waals surface area (Å²) in [5.41, 5.74) is 3.08. The molecule has 1 fully saturated rings. The number of benzene rings is 2. The second-order valence-electron chi connectivity index (χ2n) is 8.58. The normalized spacial score (nSPS) is 23.3. The van der Waals surface area contributed by atoms with Crippen LogP contribution in [0.3, 0.4) is 0 Å². The van der Waals surface area contributed by atoms with Crippen LogP contribution in [-0.2, 0) is 0 Å². The molecule has 2 aromatic rings. The third-order valence-corrected chi connectivity index (χ3v) is 6.69. The van der Waals surface area contributed by atoms with Crippen LogP contribution in [0.2, 0.25) is 0 Å². The number of carbonyl (C=O) groups is 4. The van der Waals surface area contributed by atoms with Crippen LogP contribution in [0.15, 0.2) is 36.4 Å². The van der Waals surface area contributed by atoms with Gasteiger partial charge in [-0.05, 0) is 67.0 Å². The topological polar surface area (TPSA) is 74.8 Å². The molecule has 0 radical (unpaired) electrons. The zero-order chi connectivity index (χ0) is 21.2. The van der Waals surface area contributed by atoms with Gasteiger partial charge in [0.15, 0.2) is 0 Å². The molecule has 2 aromatic carbocycles. The van der Waals surface area contributed by atoms with E-state index in [0.29, 0.717) is 28.2 Å². The molecule has 6 heteroatoms. The fourth-order valence-electron chi connectivity index (χ4n) is 4.81. The molecule has 30 heavy (non-hydrogen) atoms. The molecule has 0 unspecified atom stereocenters. The lowest BCUT2D eigenvalue weighted by molar-refractivity contribution is 0.0532. The van der Waals surface area contributed by atoms with Crippen molar-refractivity contribution in [1.29, 1.82) is 0 Å². The zero-order valence-electron chi connectivity index (χ0n) is 17.0. The van der Waals surface area contributed by atoms with Gasteiger partial charge in [-0.15, -0.1) is 0 Å². The first kappa shape index (κ1) is 18.7. The van der Waals surface area contributed by atoms with Crippen LogP contribution in [0.25, 0.3) is 11.1 Å². The highest BCUT2D eigenvalue weighted by atomic mass is 16.2. The van der Waals surface area contributed by atoms with Gasteiger partial charge in [-0.2, -0.15) is 0 Å². The number of hydrogen-bond acceptors (Lipinski definition) is 4. The first-order valence-corrected chi connectivity index (χ1v) is 10.4. The minimum absolute atomic E-state index is 0.0313. The van der Waals surface area contributed by atoms with Crippen LogP contribution < -0.4 is 0 Å². The number of fused-ring (bicyclic) bond motifs is 2. The van der Waals surface area contributed by atoms with Gasteiger partial charge in [0.1, 0.15) is 0 Å². The van der Waals surface area contributed by atoms with E-state index in [1.165, 1.54) is 11.9 Å². The summed E-state index contributed by atoms with van der Waals surface area (Å²) in [7, 11) is 1.46. The average Bonchev–Trinajstić information content (AvgIpc) is 3.13. The maximum atomic E-state index is 13.1. The molecule has 0 bridgehead atoms. The predicted molar refractivity (Wildman–Crippen MR) is 110 cm³/mol. The van der Waals surface area contributed by atoms with E-state index in [1.54, 1.807) is 36.4 Å². The Hall–Kier alpha value is -3.28. The lowest BCUT2D eigenvalue weighted by atomic mass is 9.86. The summed E-state index contributed by atoms with van der Waals surface area (Å²) in [6.07, 6.45) is 3.77. The van der Waals surface area contributed by atoms with E-state index in [2.05, 4.69) is 6.92 Å². The predicted octanol–water partition coefficient (Wildman–Crippen LogP) is 3.75. The van der Waals surface area contributed by atoms with Gasteiger partial charge in [0.25, 0.3) is 23.6 Å². The number of nitrogens with zero attached hydrogens (tertiary/aromatic N) is 2. The standard InChI is InChI=1S/C24H22N2O4/c1-13-3-7-16(8-4-13)26-23(29)18-10-6-15(12-20(18)24(26)30)14-5-9-17-19(11-14)22(28)25(2)21(17)27/h5-6,9-13,16H,3-4,7-8H2,1-2H3. The number of rotatable bonds is 2. The molecule has 2 aliphatic heterocycles. The molecular formula is C24H22N2O4. The van der Waals surface area contributed by atoms with Crippen LogP contribution in [-0.4, -0.2) is 46.5 Å². The molecule has 0 saturated heterocycles. The molecule has 0 aromatic heterocycles. The van der Waals surface area contributed by atoms with E-state index in [0.717, 1.165) is 41.7 Å². The van der Waals surface area contributed by atoms with Crippen molar-refractivity contribution in [3.8, 4) is 11.1 Å². The first-order chi connectivity index (χ1) is 14.4. The number of amides is 4. The monoisotopic (exact) mass is 402 g/mol. The molecule has 6 nitrogen and oxygen atoms in total. The van der Waals surface area contributed by atoms with E-state index in [4.69, 9.17) is 0 Å². The van der Waals surface area contributed by atoms with Gasteiger partial charge in [-0.3, -0.25) is 29.0 Å². The molecule has 1 saturated carbocycles. The lowest BCUT2D eigenvalue weighted by Crippen LogP contribution is -2.41. The third kappa shape index (κ3) is 2.63. The Morgan fingerprint density at radius 3 is 1.73 bits per heavy atom. The van der Waals surface area contributed by atoms with E-state index < -0.39 is 0 Å². The SMILES string of the molecule is CC1CCC(N2C(=O)c3ccc(-c4ccc5c(c4)C(=O)N(C)C5=O)cc3C2=O)CC1. The van der Waals surface area contributed by atoms with Gasteiger partial charge in [0.2, 0.25) is 0 Å². The molecule has 0 spiro atoms. The van der Waals surface area contributed by atoms with Gasteiger partial charge in [-0.25, -0.2) is 0 Å². The second kappa shape index (κ2) is 6.62. The number of imide groups is 2. The molecule has 5 rings (SSSR count). The average molecular weight is 402 g/mol. The summed E-state index contributed by atoms with van der Waals surface area (Å²) in [5, 5.41) is 0. The minimum Gasteiger partial charge on any atom is -0.277 e. The van der Waals surface area contributed by atoms with Crippen LogP contribution in [0, 0.1) is 5.92 Å². The number of hydrogen-bond donors (Lipinski definition) is 0. The van der Waals surface area contributed by atoms with Gasteiger partial charge in [-0.1, -0.05) is 19.1 Å². The van der Waals surface area contributed by atoms with Crippen LogP contribution in [0.4, 0.5) is 0 Å². The Bertz CT molecular complexity index is 1130. The van der Waals surface area contributed by atoms with Gasteiger partial charge < -0.3 is 0 Å². The maximum absolute atomic E-state index is 13.1. The van der Waals surface area contributed by atoms with Crippen LogP contribution >= 0.6 is 0 Å². The van der Waals surface area contributed by atoms with Crippen molar-refractivity contribution in [2.45, 2.75) is 38.6 Å². The molecule has 1 aliphatic carbocycles. The van der Waals surface area contributed by atoms with Gasteiger partial charge >= 0.3 is 0 Å². The number of carbonyl (C=O) groups excluding carboxylic acids is 4. The van der Waals surface area contributed by atoms with E-state index >= 15 is 0 Å². The van der Waals surface area contributed by atoms with Crippen molar-refractivity contribution >= 4 is 23.6 Å². The van der Waals surface area contributed by atoms with Crippen LogP contribution in [0.5, 0.6) is 0 Å². The molecule has 2 heterocycles. The summed E-state index contributed by atoms with van der Waals surface area (Å²) < 4.78 is 0. The quantitative estimate of drug-likeness (QED) is 0.717. The molecule has 3 aliphatic rings. The fraction of sp³-hybridized carbons (Fsp3) is 0.333. The van der Waals surface area contributed by atoms with Gasteiger partial charge in [0, 0.05) is 13.1 Å². The largest absolute Gasteiger partial charge is 0.277 e. The van der Waals surface area contributed by atoms with Crippen LogP contribution in [0.1, 0.15) is 74.0 Å². The van der Waals surface area contributed by atoms with Gasteiger partial charge in [0.05, 0.1) is 22.3 Å². The molecule has 0 atom stereocenters. The third-order valence-electron chi connectivity index (χ3n) is 6.69. The minimum atomic E-state index is -0.332. The highest BCUT2D eigenvalue weighted by Crippen LogP contribution is 2.35. The lowest BCUT2D eigenvalue weighted by Gasteiger charge is -2.32. The van der Waals surface area contributed by atoms with Crippen molar-refractivity contribution in [3.05, 3.63) is 58.7 Å². The molecule has 152 valence electrons. The van der Waals surface area contributed by atoms with Crippen molar-refractivity contribution in [2.24, 2.45) is 5.92 Å². The second-order valence-corrected chi connectivity index (χ2v) is 8.58. The smallest absolute Gasteiger partial charge is 0.261 e. The Morgan fingerprint density at radius 2 is 1.13 bits per heavy atom. The fourth-order valence-corrected chi connectivity index (χ4v) is 4.81. The van der Waals surface area contributed by atoms with Crippen molar-refractivity contribution < 1.29 is 19.2 Å². The summed E-state index contributed by atoms with van der Waals surface area (Å²) in [4.78, 5) is 53.0. The molecule has 4 amide bonds. The van der Waals surface area contributed by atoms with E-state index in [9.17, 15) is 19.2 Å². The summed E-state index contributed by atoms with van der Waals surface area (Å²) in [6.45, 7) is 2.21. The molecule has 0 N–H and O–H groups in total. The summed E-state index contributed by atoms with van der Waals surface area (Å²) in [6, 6.07) is 10.3. The summed E-state index contributed by atoms with van der Waals surface area (Å²) >= 11 is 0. The van der Waals surface area contributed by atoms with Crippen molar-refractivity contribution in [1.82, 2.24) is 9.80 Å². The Morgan fingerprint density at radius 1 is 0.667 bits per heavy atom. The van der Waals surface area contributed by atoms with Crippen molar-refractivity contribution in [2.75, 3.05) is 7.05 Å². The Kier molecular flexibility index (Phi) is 4.13. The highest BCUT2D eigenvalue weighted by molar-refractivity contribution is 6.23. The highest BCUT2D eigenvalue weighted by Gasteiger charge is 2.41. The Balaban J connectivity index is 1.49. The first-order valence-electron chi connectivity index (χ1n) is 10.4.